The van der Waals surface area contributed by atoms with E-state index >= 15 is 0 Å². The molecule has 136 valence electrons. The molecule has 0 fully saturated rings. The fourth-order valence-electron chi connectivity index (χ4n) is 2.75. The average molecular weight is 391 g/mol. The molecular weight excluding hydrogens is 372 g/mol. The number of anilines is 1. The number of methoxy groups -OCH3 is 1. The second-order valence-electron chi connectivity index (χ2n) is 6.00. The van der Waals surface area contributed by atoms with Gasteiger partial charge in [0.15, 0.2) is 0 Å². The Labute approximate surface area is 161 Å². The van der Waals surface area contributed by atoms with Gasteiger partial charge in [0.1, 0.15) is 5.75 Å². The van der Waals surface area contributed by atoms with E-state index in [4.69, 9.17) is 16.3 Å². The van der Waals surface area contributed by atoms with Gasteiger partial charge in [0.25, 0.3) is 0 Å². The molecule has 0 aliphatic carbocycles. The van der Waals surface area contributed by atoms with Crippen LogP contribution in [0.3, 0.4) is 0 Å². The highest BCUT2D eigenvalue weighted by Crippen LogP contribution is 2.38. The van der Waals surface area contributed by atoms with Crippen LogP contribution >= 0.6 is 23.4 Å². The van der Waals surface area contributed by atoms with Crippen molar-refractivity contribution in [2.75, 3.05) is 19.5 Å². The molecule has 1 N–H and O–H groups in total. The second-order valence-corrected chi connectivity index (χ2v) is 7.68. The quantitative estimate of drug-likeness (QED) is 0.843. The van der Waals surface area contributed by atoms with Gasteiger partial charge in [0, 0.05) is 35.5 Å². The molecule has 1 atom stereocenters. The van der Waals surface area contributed by atoms with Crippen molar-refractivity contribution in [1.29, 1.82) is 0 Å². The molecule has 1 aliphatic rings. The SMILES string of the molecule is COc1ccccc1CN(C)C(=O)C[C@H]1Sc2ccc(Cl)cc2NC1=O. The third-order valence-corrected chi connectivity index (χ3v) is 5.66. The van der Waals surface area contributed by atoms with E-state index < -0.39 is 5.25 Å². The van der Waals surface area contributed by atoms with E-state index in [1.165, 1.54) is 11.8 Å². The van der Waals surface area contributed by atoms with Crippen LogP contribution in [0.25, 0.3) is 0 Å². The third kappa shape index (κ3) is 4.14. The van der Waals surface area contributed by atoms with Crippen LogP contribution in [0.5, 0.6) is 5.75 Å². The Morgan fingerprint density at radius 1 is 1.31 bits per heavy atom. The Hall–Kier alpha value is -2.18. The van der Waals surface area contributed by atoms with Crippen LogP contribution in [-0.2, 0) is 16.1 Å². The van der Waals surface area contributed by atoms with Crippen molar-refractivity contribution in [3.63, 3.8) is 0 Å². The number of carbonyl (C=O) groups excluding carboxylic acids is 2. The van der Waals surface area contributed by atoms with Crippen LogP contribution in [0, 0.1) is 0 Å². The molecular formula is C19H19ClN2O3S. The number of halogens is 1. The number of ether oxygens (including phenoxy) is 1. The normalized spacial score (nSPS) is 15.8. The number of hydrogen-bond donors (Lipinski definition) is 1. The minimum atomic E-state index is -0.462. The second kappa shape index (κ2) is 8.01. The molecule has 26 heavy (non-hydrogen) atoms. The molecule has 1 heterocycles. The summed E-state index contributed by atoms with van der Waals surface area (Å²) in [5.74, 6) is 0.465. The Bertz CT molecular complexity index is 843. The molecule has 3 rings (SSSR count). The predicted molar refractivity (Wildman–Crippen MR) is 104 cm³/mol. The van der Waals surface area contributed by atoms with Crippen molar-refractivity contribution >= 4 is 40.9 Å². The summed E-state index contributed by atoms with van der Waals surface area (Å²) in [6.07, 6.45) is 0.129. The Morgan fingerprint density at radius 3 is 2.85 bits per heavy atom. The molecule has 0 saturated carbocycles. The number of nitrogens with one attached hydrogen (secondary N) is 1. The van der Waals surface area contributed by atoms with Crippen LogP contribution < -0.4 is 10.1 Å². The maximum absolute atomic E-state index is 12.6. The Balaban J connectivity index is 1.65. The van der Waals surface area contributed by atoms with E-state index in [1.54, 1.807) is 31.2 Å². The number of rotatable bonds is 5. The van der Waals surface area contributed by atoms with E-state index in [0.717, 1.165) is 16.2 Å². The Kier molecular flexibility index (Phi) is 5.74. The summed E-state index contributed by atoms with van der Waals surface area (Å²) in [5, 5.41) is 2.93. The molecule has 0 unspecified atom stereocenters. The molecule has 0 saturated heterocycles. The van der Waals surface area contributed by atoms with Crippen molar-refractivity contribution < 1.29 is 14.3 Å². The van der Waals surface area contributed by atoms with E-state index in [9.17, 15) is 9.59 Å². The molecule has 2 aromatic rings. The minimum Gasteiger partial charge on any atom is -0.496 e. The van der Waals surface area contributed by atoms with E-state index in [0.29, 0.717) is 17.3 Å². The van der Waals surface area contributed by atoms with Gasteiger partial charge in [-0.3, -0.25) is 9.59 Å². The topological polar surface area (TPSA) is 58.6 Å². The maximum Gasteiger partial charge on any atom is 0.238 e. The van der Waals surface area contributed by atoms with Crippen LogP contribution in [0.1, 0.15) is 12.0 Å². The Morgan fingerprint density at radius 2 is 2.08 bits per heavy atom. The molecule has 0 bridgehead atoms. The van der Waals surface area contributed by atoms with Crippen molar-refractivity contribution in [2.24, 2.45) is 0 Å². The summed E-state index contributed by atoms with van der Waals surface area (Å²) in [6, 6.07) is 12.9. The number of carbonyl (C=O) groups is 2. The number of fused-ring (bicyclic) bond motifs is 1. The monoisotopic (exact) mass is 390 g/mol. The summed E-state index contributed by atoms with van der Waals surface area (Å²) in [4.78, 5) is 27.4. The molecule has 2 amide bonds. The van der Waals surface area contributed by atoms with Gasteiger partial charge in [-0.25, -0.2) is 0 Å². The number of benzene rings is 2. The van der Waals surface area contributed by atoms with E-state index in [-0.39, 0.29) is 18.2 Å². The first-order valence-corrected chi connectivity index (χ1v) is 9.36. The zero-order valence-electron chi connectivity index (χ0n) is 14.5. The largest absolute Gasteiger partial charge is 0.496 e. The molecule has 0 spiro atoms. The molecule has 0 radical (unpaired) electrons. The predicted octanol–water partition coefficient (Wildman–Crippen LogP) is 3.81. The van der Waals surface area contributed by atoms with Gasteiger partial charge in [0.2, 0.25) is 11.8 Å². The summed E-state index contributed by atoms with van der Waals surface area (Å²) in [7, 11) is 3.33. The number of para-hydroxylation sites is 1. The van der Waals surface area contributed by atoms with E-state index in [2.05, 4.69) is 5.32 Å². The van der Waals surface area contributed by atoms with Crippen molar-refractivity contribution in [2.45, 2.75) is 23.1 Å². The highest BCUT2D eigenvalue weighted by atomic mass is 35.5. The van der Waals surface area contributed by atoms with Gasteiger partial charge < -0.3 is 15.0 Å². The van der Waals surface area contributed by atoms with Crippen LogP contribution in [0.15, 0.2) is 47.4 Å². The van der Waals surface area contributed by atoms with Gasteiger partial charge in [-0.15, -0.1) is 11.8 Å². The first kappa shape index (κ1) is 18.6. The first-order chi connectivity index (χ1) is 12.5. The number of nitrogens with zero attached hydrogens (tertiary/aromatic N) is 1. The lowest BCUT2D eigenvalue weighted by molar-refractivity contribution is -0.131. The summed E-state index contributed by atoms with van der Waals surface area (Å²) in [6.45, 7) is 0.425. The molecule has 5 nitrogen and oxygen atoms in total. The third-order valence-electron chi connectivity index (χ3n) is 4.15. The zero-order chi connectivity index (χ0) is 18.7. The molecule has 2 aromatic carbocycles. The zero-order valence-corrected chi connectivity index (χ0v) is 16.1. The number of thioether (sulfide) groups is 1. The fourth-order valence-corrected chi connectivity index (χ4v) is 4.00. The maximum atomic E-state index is 12.6. The lowest BCUT2D eigenvalue weighted by atomic mass is 10.1. The molecule has 1 aliphatic heterocycles. The highest BCUT2D eigenvalue weighted by molar-refractivity contribution is 8.01. The summed E-state index contributed by atoms with van der Waals surface area (Å²) >= 11 is 7.35. The van der Waals surface area contributed by atoms with Crippen molar-refractivity contribution in [3.8, 4) is 5.75 Å². The van der Waals surface area contributed by atoms with Gasteiger partial charge in [0.05, 0.1) is 18.0 Å². The number of amides is 2. The molecule has 0 aromatic heterocycles. The van der Waals surface area contributed by atoms with Gasteiger partial charge in [-0.05, 0) is 24.3 Å². The van der Waals surface area contributed by atoms with Gasteiger partial charge in [-0.1, -0.05) is 29.8 Å². The fraction of sp³-hybridized carbons (Fsp3) is 0.263. The lowest BCUT2D eigenvalue weighted by Crippen LogP contribution is -2.35. The highest BCUT2D eigenvalue weighted by Gasteiger charge is 2.30. The lowest BCUT2D eigenvalue weighted by Gasteiger charge is -2.26. The van der Waals surface area contributed by atoms with Crippen LogP contribution in [-0.4, -0.2) is 36.1 Å². The van der Waals surface area contributed by atoms with Crippen LogP contribution in [0.2, 0.25) is 5.02 Å². The summed E-state index contributed by atoms with van der Waals surface area (Å²) in [5.41, 5.74) is 1.62. The van der Waals surface area contributed by atoms with E-state index in [1.807, 2.05) is 30.3 Å². The minimum absolute atomic E-state index is 0.0963. The smallest absolute Gasteiger partial charge is 0.238 e. The first-order valence-electron chi connectivity index (χ1n) is 8.11. The van der Waals surface area contributed by atoms with Crippen molar-refractivity contribution in [1.82, 2.24) is 4.90 Å². The standard InChI is InChI=1S/C19H19ClN2O3S/c1-22(11-12-5-3-4-6-15(12)25-2)18(23)10-17-19(24)21-14-9-13(20)7-8-16(14)26-17/h3-9,17H,10-11H2,1-2H3,(H,21,24)/t17-/m1/s1. The van der Waals surface area contributed by atoms with Gasteiger partial charge >= 0.3 is 0 Å². The summed E-state index contributed by atoms with van der Waals surface area (Å²) < 4.78 is 5.32. The van der Waals surface area contributed by atoms with Crippen LogP contribution in [0.4, 0.5) is 5.69 Å². The van der Waals surface area contributed by atoms with Crippen molar-refractivity contribution in [3.05, 3.63) is 53.1 Å². The van der Waals surface area contributed by atoms with Gasteiger partial charge in [-0.2, -0.15) is 0 Å². The molecule has 7 heteroatoms. The average Bonchev–Trinajstić information content (AvgIpc) is 2.62. The number of hydrogen-bond acceptors (Lipinski definition) is 4.